The third-order valence-electron chi connectivity index (χ3n) is 3.34. The molecule has 0 aliphatic rings. The van der Waals surface area contributed by atoms with E-state index >= 15 is 0 Å². The van der Waals surface area contributed by atoms with Gasteiger partial charge in [0, 0.05) is 24.0 Å². The summed E-state index contributed by atoms with van der Waals surface area (Å²) in [7, 11) is -3.55. The summed E-state index contributed by atoms with van der Waals surface area (Å²) in [5.74, 6) is -0.960. The molecule has 8 heteroatoms. The minimum atomic E-state index is -3.55. The maximum Gasteiger partial charge on any atom is 0.361 e. The molecule has 0 amide bonds. The molecule has 0 unspecified atom stereocenters. The van der Waals surface area contributed by atoms with E-state index < -0.39 is 19.5 Å². The summed E-state index contributed by atoms with van der Waals surface area (Å²) in [6.45, 7) is 10.5. The molecular formula is C20H27O7P. The monoisotopic (exact) mass is 410 g/mol. The molecule has 0 aromatic heterocycles. The Kier molecular flexibility index (Phi) is 10.5. The van der Waals surface area contributed by atoms with Crippen molar-refractivity contribution in [1.82, 2.24) is 0 Å². The maximum atomic E-state index is 13.1. The van der Waals surface area contributed by atoms with Crippen molar-refractivity contribution in [2.24, 2.45) is 0 Å². The Bertz CT molecular complexity index is 687. The van der Waals surface area contributed by atoms with Crippen LogP contribution in [0.2, 0.25) is 0 Å². The van der Waals surface area contributed by atoms with Crippen LogP contribution in [0.1, 0.15) is 26.7 Å². The lowest BCUT2D eigenvalue weighted by Crippen LogP contribution is -2.14. The number of hydrogen-bond donors (Lipinski definition) is 0. The zero-order valence-corrected chi connectivity index (χ0v) is 17.2. The summed E-state index contributed by atoms with van der Waals surface area (Å²) < 4.78 is 34.1. The van der Waals surface area contributed by atoms with Crippen LogP contribution in [0.5, 0.6) is 0 Å². The summed E-state index contributed by atoms with van der Waals surface area (Å²) in [4.78, 5) is 22.7. The van der Waals surface area contributed by atoms with Crippen LogP contribution >= 0.6 is 7.60 Å². The SMILES string of the molecule is C=C(C)C(=O)OCCCOP(=O)(OCCCOC(=O)C(=C)C)c1ccccc1. The van der Waals surface area contributed by atoms with Crippen molar-refractivity contribution < 1.29 is 32.7 Å². The second-order valence-electron chi connectivity index (χ2n) is 6.04. The number of esters is 2. The highest BCUT2D eigenvalue weighted by atomic mass is 31.2. The van der Waals surface area contributed by atoms with Gasteiger partial charge in [0.1, 0.15) is 0 Å². The van der Waals surface area contributed by atoms with Crippen LogP contribution in [0, 0.1) is 0 Å². The van der Waals surface area contributed by atoms with Gasteiger partial charge in [-0.1, -0.05) is 31.4 Å². The second kappa shape index (κ2) is 12.3. The van der Waals surface area contributed by atoms with E-state index in [2.05, 4.69) is 13.2 Å². The van der Waals surface area contributed by atoms with Crippen molar-refractivity contribution in [2.75, 3.05) is 26.4 Å². The van der Waals surface area contributed by atoms with Gasteiger partial charge in [0.05, 0.1) is 31.7 Å². The summed E-state index contributed by atoms with van der Waals surface area (Å²) in [5, 5.41) is 0.424. The highest BCUT2D eigenvalue weighted by Crippen LogP contribution is 2.47. The van der Waals surface area contributed by atoms with Gasteiger partial charge in [0.2, 0.25) is 0 Å². The first kappa shape index (κ1) is 23.8. The molecule has 0 atom stereocenters. The molecule has 7 nitrogen and oxygen atoms in total. The topological polar surface area (TPSA) is 88.1 Å². The van der Waals surface area contributed by atoms with Crippen LogP contribution in [0.15, 0.2) is 54.6 Å². The molecule has 1 rings (SSSR count). The van der Waals surface area contributed by atoms with E-state index in [9.17, 15) is 14.2 Å². The quantitative estimate of drug-likeness (QED) is 0.213. The van der Waals surface area contributed by atoms with Crippen molar-refractivity contribution in [2.45, 2.75) is 26.7 Å². The van der Waals surface area contributed by atoms with Crippen LogP contribution in [0.4, 0.5) is 0 Å². The summed E-state index contributed by atoms with van der Waals surface area (Å²) in [5.41, 5.74) is 0.623. The molecule has 154 valence electrons. The lowest BCUT2D eigenvalue weighted by molar-refractivity contribution is -0.140. The average Bonchev–Trinajstić information content (AvgIpc) is 2.67. The third kappa shape index (κ3) is 8.65. The van der Waals surface area contributed by atoms with Gasteiger partial charge in [-0.25, -0.2) is 9.59 Å². The predicted octanol–water partition coefficient (Wildman–Crippen LogP) is 3.56. The Morgan fingerprint density at radius 1 is 0.821 bits per heavy atom. The van der Waals surface area contributed by atoms with Crippen LogP contribution < -0.4 is 5.30 Å². The van der Waals surface area contributed by atoms with Crippen molar-refractivity contribution in [3.63, 3.8) is 0 Å². The van der Waals surface area contributed by atoms with Gasteiger partial charge >= 0.3 is 19.5 Å². The molecule has 0 fully saturated rings. The minimum absolute atomic E-state index is 0.0836. The van der Waals surface area contributed by atoms with E-state index in [0.717, 1.165) is 0 Å². The van der Waals surface area contributed by atoms with Crippen LogP contribution in [0.3, 0.4) is 0 Å². The lowest BCUT2D eigenvalue weighted by Gasteiger charge is -2.19. The number of hydrogen-bond acceptors (Lipinski definition) is 7. The first-order valence-electron chi connectivity index (χ1n) is 8.86. The summed E-state index contributed by atoms with van der Waals surface area (Å²) in [6, 6.07) is 8.57. The molecule has 0 aliphatic carbocycles. The van der Waals surface area contributed by atoms with E-state index in [1.807, 2.05) is 0 Å². The number of carbonyl (C=O) groups is 2. The fourth-order valence-corrected chi connectivity index (χ4v) is 3.51. The number of carbonyl (C=O) groups excluding carboxylic acids is 2. The molecule has 28 heavy (non-hydrogen) atoms. The van der Waals surface area contributed by atoms with Gasteiger partial charge in [-0.15, -0.1) is 0 Å². The van der Waals surface area contributed by atoms with Crippen molar-refractivity contribution in [3.05, 3.63) is 54.6 Å². The highest BCUT2D eigenvalue weighted by molar-refractivity contribution is 7.62. The molecule has 0 saturated heterocycles. The van der Waals surface area contributed by atoms with Crippen molar-refractivity contribution >= 4 is 24.8 Å². The van der Waals surface area contributed by atoms with Gasteiger partial charge in [-0.05, 0) is 26.0 Å². The molecule has 0 saturated carbocycles. The summed E-state index contributed by atoms with van der Waals surface area (Å²) >= 11 is 0. The molecule has 0 aliphatic heterocycles. The van der Waals surface area contributed by atoms with E-state index in [-0.39, 0.29) is 26.4 Å². The standard InChI is InChI=1S/C20H27O7P/c1-16(2)19(21)24-12-8-14-26-28(23,18-10-6-5-7-11-18)27-15-9-13-25-20(22)17(3)4/h5-7,10-11H,1,3,8-9,12-15H2,2,4H3. The van der Waals surface area contributed by atoms with E-state index in [4.69, 9.17) is 18.5 Å². The Hall–Kier alpha value is -2.21. The molecule has 0 spiro atoms. The normalized spacial score (nSPS) is 10.9. The zero-order chi connectivity index (χ0) is 21.0. The molecule has 0 N–H and O–H groups in total. The van der Waals surface area contributed by atoms with Gasteiger partial charge in [0.25, 0.3) is 0 Å². The van der Waals surface area contributed by atoms with Crippen LogP contribution in [-0.2, 0) is 32.7 Å². The van der Waals surface area contributed by atoms with Gasteiger partial charge in [0.15, 0.2) is 0 Å². The third-order valence-corrected chi connectivity index (χ3v) is 5.31. The minimum Gasteiger partial charge on any atom is -0.462 e. The fourth-order valence-electron chi connectivity index (χ4n) is 1.86. The number of ether oxygens (including phenoxy) is 2. The van der Waals surface area contributed by atoms with Crippen molar-refractivity contribution in [3.8, 4) is 0 Å². The largest absolute Gasteiger partial charge is 0.462 e. The molecule has 1 aromatic carbocycles. The Morgan fingerprint density at radius 3 is 1.64 bits per heavy atom. The first-order chi connectivity index (χ1) is 13.3. The van der Waals surface area contributed by atoms with E-state index in [1.165, 1.54) is 0 Å². The highest BCUT2D eigenvalue weighted by Gasteiger charge is 2.27. The Morgan fingerprint density at radius 2 is 1.25 bits per heavy atom. The van der Waals surface area contributed by atoms with Gasteiger partial charge < -0.3 is 18.5 Å². The van der Waals surface area contributed by atoms with E-state index in [1.54, 1.807) is 44.2 Å². The van der Waals surface area contributed by atoms with Gasteiger partial charge in [-0.3, -0.25) is 4.57 Å². The molecule has 0 radical (unpaired) electrons. The predicted molar refractivity (Wildman–Crippen MR) is 106 cm³/mol. The fraction of sp³-hybridized carbons (Fsp3) is 0.400. The first-order valence-corrected chi connectivity index (χ1v) is 10.4. The lowest BCUT2D eigenvalue weighted by atomic mass is 10.4. The maximum absolute atomic E-state index is 13.1. The van der Waals surface area contributed by atoms with E-state index in [0.29, 0.717) is 29.3 Å². The summed E-state index contributed by atoms with van der Waals surface area (Å²) in [6.07, 6.45) is 0.713. The molecular weight excluding hydrogens is 383 g/mol. The number of benzene rings is 1. The average molecular weight is 410 g/mol. The Labute approximate surface area is 165 Å². The molecule has 0 bridgehead atoms. The molecule has 0 heterocycles. The van der Waals surface area contributed by atoms with Gasteiger partial charge in [-0.2, -0.15) is 0 Å². The van der Waals surface area contributed by atoms with Crippen molar-refractivity contribution in [1.29, 1.82) is 0 Å². The number of rotatable bonds is 13. The van der Waals surface area contributed by atoms with Crippen LogP contribution in [-0.4, -0.2) is 38.4 Å². The van der Waals surface area contributed by atoms with Crippen LogP contribution in [0.25, 0.3) is 0 Å². The molecule has 1 aromatic rings. The Balaban J connectivity index is 2.51. The smallest absolute Gasteiger partial charge is 0.361 e. The second-order valence-corrected chi connectivity index (χ2v) is 8.07. The zero-order valence-electron chi connectivity index (χ0n) is 16.3.